The van der Waals surface area contributed by atoms with Crippen molar-refractivity contribution in [2.45, 2.75) is 95.0 Å². The third-order valence-electron chi connectivity index (χ3n) is 14.2. The first-order valence-corrected chi connectivity index (χ1v) is 24.2. The summed E-state index contributed by atoms with van der Waals surface area (Å²) in [5.74, 6) is 0.987. The maximum Gasteiger partial charge on any atom is 0.312 e. The van der Waals surface area contributed by atoms with Crippen LogP contribution in [0.25, 0.3) is 11.0 Å². The lowest BCUT2D eigenvalue weighted by molar-refractivity contribution is -0.384. The van der Waals surface area contributed by atoms with Crippen molar-refractivity contribution in [2.24, 2.45) is 17.3 Å². The van der Waals surface area contributed by atoms with Crippen molar-refractivity contribution in [2.75, 3.05) is 49.6 Å². The van der Waals surface area contributed by atoms with Crippen LogP contribution in [0.2, 0.25) is 0 Å². The summed E-state index contributed by atoms with van der Waals surface area (Å²) in [6.45, 7) is 11.3. The zero-order valence-corrected chi connectivity index (χ0v) is 37.6. The van der Waals surface area contributed by atoms with Crippen molar-refractivity contribution in [3.05, 3.63) is 106 Å². The fraction of sp³-hybridized carbons (Fsp3) is 0.479. The molecule has 338 valence electrons. The number of hydrogen-bond acceptors (Lipinski definition) is 12. The second-order valence-corrected chi connectivity index (χ2v) is 20.5. The quantitative estimate of drug-likeness (QED) is 0.0754. The summed E-state index contributed by atoms with van der Waals surface area (Å²) >= 11 is 0. The van der Waals surface area contributed by atoms with Gasteiger partial charge >= 0.3 is 5.69 Å². The highest BCUT2D eigenvalue weighted by Gasteiger charge is 2.49. The molecule has 5 aromatic rings. The van der Waals surface area contributed by atoms with Gasteiger partial charge in [0, 0.05) is 61.6 Å². The lowest BCUT2D eigenvalue weighted by Gasteiger charge is -2.57. The van der Waals surface area contributed by atoms with Gasteiger partial charge in [-0.1, -0.05) is 57.9 Å². The van der Waals surface area contributed by atoms with Gasteiger partial charge < -0.3 is 24.7 Å². The van der Waals surface area contributed by atoms with Gasteiger partial charge in [-0.25, -0.2) is 23.1 Å². The molecule has 3 N–H and O–H groups in total. The molecule has 3 aromatic heterocycles. The molecule has 16 heteroatoms. The number of nitrogens with one attached hydrogen (secondary N) is 3. The van der Waals surface area contributed by atoms with Crippen molar-refractivity contribution < 1.29 is 27.6 Å². The fourth-order valence-electron chi connectivity index (χ4n) is 10.4. The maximum atomic E-state index is 14.0. The number of nitro groups is 1. The summed E-state index contributed by atoms with van der Waals surface area (Å²) in [5.41, 5.74) is 4.03. The first-order valence-electron chi connectivity index (χ1n) is 22.7. The first-order chi connectivity index (χ1) is 30.8. The average molecular weight is 891 g/mol. The van der Waals surface area contributed by atoms with Crippen LogP contribution in [-0.2, 0) is 14.8 Å². The number of carbonyl (C=O) groups is 1. The number of fused-ring (bicyclic) bond motifs is 1. The van der Waals surface area contributed by atoms with Crippen LogP contribution in [0.15, 0.2) is 84.1 Å². The third kappa shape index (κ3) is 9.18. The Labute approximate surface area is 374 Å². The van der Waals surface area contributed by atoms with Crippen LogP contribution in [0.1, 0.15) is 106 Å². The molecule has 0 radical (unpaired) electrons. The van der Waals surface area contributed by atoms with E-state index >= 15 is 0 Å². The Balaban J connectivity index is 0.901. The van der Waals surface area contributed by atoms with E-state index in [1.54, 1.807) is 24.4 Å². The lowest BCUT2D eigenvalue weighted by atomic mass is 9.59. The van der Waals surface area contributed by atoms with Gasteiger partial charge in [0.1, 0.15) is 22.0 Å². The van der Waals surface area contributed by atoms with Gasteiger partial charge in [0.25, 0.3) is 15.9 Å². The molecule has 64 heavy (non-hydrogen) atoms. The van der Waals surface area contributed by atoms with Crippen LogP contribution in [0.3, 0.4) is 0 Å². The van der Waals surface area contributed by atoms with E-state index in [0.717, 1.165) is 101 Å². The minimum Gasteiger partial charge on any atom is -0.455 e. The van der Waals surface area contributed by atoms with Crippen LogP contribution < -0.4 is 19.7 Å². The summed E-state index contributed by atoms with van der Waals surface area (Å²) in [4.78, 5) is 41.5. The van der Waals surface area contributed by atoms with Crippen molar-refractivity contribution in [3.8, 4) is 11.5 Å². The van der Waals surface area contributed by atoms with Crippen LogP contribution in [0, 0.1) is 27.4 Å². The van der Waals surface area contributed by atoms with Crippen molar-refractivity contribution in [1.82, 2.24) is 24.6 Å². The van der Waals surface area contributed by atoms with Gasteiger partial charge in [0.05, 0.1) is 42.1 Å². The normalized spacial score (nSPS) is 21.8. The molecule has 4 aliphatic rings. The number of carbonyl (C=O) groups excluding carboxylic acids is 1. The fourth-order valence-corrected chi connectivity index (χ4v) is 11.4. The second-order valence-electron chi connectivity index (χ2n) is 18.8. The van der Waals surface area contributed by atoms with E-state index in [1.807, 2.05) is 12.1 Å². The molecule has 1 amide bonds. The molecule has 4 fully saturated rings. The van der Waals surface area contributed by atoms with Crippen molar-refractivity contribution in [3.63, 3.8) is 0 Å². The zero-order chi connectivity index (χ0) is 44.6. The summed E-state index contributed by atoms with van der Waals surface area (Å²) in [6, 6.07) is 19.3. The van der Waals surface area contributed by atoms with E-state index in [4.69, 9.17) is 9.47 Å². The summed E-state index contributed by atoms with van der Waals surface area (Å²) in [6.07, 6.45) is 12.9. The SMILES string of the molecule is CC1CCC(CNc2ncc(S(=O)(=O)NC(=O)c3ccc(N4CCC5(CC4)CC(N4CCOC[C@H]4c4ccccc4C(C)C)C5)cc3Oc3cnc4[nH]ccc4c3)cc2[N+](=O)[O-])CC1. The number of pyridine rings is 2. The van der Waals surface area contributed by atoms with E-state index in [-0.39, 0.29) is 28.6 Å². The minimum absolute atomic E-state index is 0.0112. The molecule has 2 saturated carbocycles. The highest BCUT2D eigenvalue weighted by molar-refractivity contribution is 7.90. The number of ether oxygens (including phenoxy) is 2. The molecule has 0 bridgehead atoms. The van der Waals surface area contributed by atoms with Crippen molar-refractivity contribution >= 4 is 44.2 Å². The maximum absolute atomic E-state index is 14.0. The highest BCUT2D eigenvalue weighted by Crippen LogP contribution is 2.53. The molecule has 1 atom stereocenters. The van der Waals surface area contributed by atoms with E-state index in [9.17, 15) is 23.3 Å². The molecular weight excluding hydrogens is 833 g/mol. The predicted molar refractivity (Wildman–Crippen MR) is 245 cm³/mol. The smallest absolute Gasteiger partial charge is 0.312 e. The Hall–Kier alpha value is -5.58. The number of benzene rings is 2. The molecule has 15 nitrogen and oxygen atoms in total. The predicted octanol–water partition coefficient (Wildman–Crippen LogP) is 8.96. The number of nitrogens with zero attached hydrogens (tertiary/aromatic N) is 5. The number of amides is 1. The van der Waals surface area contributed by atoms with E-state index in [0.29, 0.717) is 48.3 Å². The minimum atomic E-state index is -4.60. The Kier molecular flexibility index (Phi) is 12.4. The largest absolute Gasteiger partial charge is 0.455 e. The molecule has 1 spiro atoms. The summed E-state index contributed by atoms with van der Waals surface area (Å²) < 4.78 is 41.9. The number of aromatic amines is 1. The number of sulfonamides is 1. The highest BCUT2D eigenvalue weighted by atomic mass is 32.2. The van der Waals surface area contributed by atoms with Crippen LogP contribution in [0.5, 0.6) is 11.5 Å². The molecule has 9 rings (SSSR count). The number of morpholine rings is 1. The van der Waals surface area contributed by atoms with Gasteiger partial charge in [-0.2, -0.15) is 0 Å². The number of piperidine rings is 1. The monoisotopic (exact) mass is 890 g/mol. The molecule has 2 aromatic carbocycles. The molecule has 2 saturated heterocycles. The zero-order valence-electron chi connectivity index (χ0n) is 36.8. The van der Waals surface area contributed by atoms with Gasteiger partial charge in [0.2, 0.25) is 5.82 Å². The van der Waals surface area contributed by atoms with Gasteiger partial charge in [0.15, 0.2) is 0 Å². The summed E-state index contributed by atoms with van der Waals surface area (Å²) in [5, 5.41) is 16.0. The molecule has 5 heterocycles. The number of H-pyrrole nitrogens is 1. The number of rotatable bonds is 13. The standard InChI is InChI=1S/C48H58N8O7S/c1-31(2)39-6-4-5-7-40(39)43-30-62-21-20-55(43)36-25-48(26-36)15-18-54(19-16-48)35-12-13-41(44(23-35)63-37-22-34-14-17-49-45(34)51-28-37)47(57)53-64(60,61)38-24-42(56(58)59)46(52-29-38)50-27-33-10-8-32(3)9-11-33/h4-7,12-14,17,22-24,28-29,31-33,36,43H,8-11,15-16,18-21,25-27,30H2,1-3H3,(H,49,51)(H,50,52)(H,53,57)/t32?,33?,43-/m0/s1. The van der Waals surface area contributed by atoms with Crippen LogP contribution in [-0.4, -0.2) is 84.5 Å². The molecule has 0 unspecified atom stereocenters. The summed E-state index contributed by atoms with van der Waals surface area (Å²) in [7, 11) is -4.60. The van der Waals surface area contributed by atoms with Crippen molar-refractivity contribution in [1.29, 1.82) is 0 Å². The van der Waals surface area contributed by atoms with Gasteiger partial charge in [-0.3, -0.25) is 19.8 Å². The Morgan fingerprint density at radius 2 is 1.80 bits per heavy atom. The molecular formula is C48H58N8O7S. The molecule has 2 aliphatic heterocycles. The second kappa shape index (κ2) is 18.1. The average Bonchev–Trinajstić information content (AvgIpc) is 3.76. The lowest BCUT2D eigenvalue weighted by Crippen LogP contribution is -2.58. The van der Waals surface area contributed by atoms with E-state index in [1.165, 1.54) is 17.3 Å². The van der Waals surface area contributed by atoms with Gasteiger partial charge in [-0.05, 0) is 97.1 Å². The number of aromatic nitrogens is 3. The molecule has 2 aliphatic carbocycles. The Morgan fingerprint density at radius 1 is 1.02 bits per heavy atom. The van der Waals surface area contributed by atoms with Crippen LogP contribution >= 0.6 is 0 Å². The van der Waals surface area contributed by atoms with E-state index in [2.05, 4.69) is 79.8 Å². The van der Waals surface area contributed by atoms with Gasteiger partial charge in [-0.15, -0.1) is 0 Å². The third-order valence-corrected chi connectivity index (χ3v) is 15.5. The number of hydrogen-bond donors (Lipinski definition) is 3. The van der Waals surface area contributed by atoms with E-state index < -0.39 is 31.4 Å². The topological polar surface area (TPSA) is 185 Å². The number of anilines is 2. The van der Waals surface area contributed by atoms with Crippen LogP contribution in [0.4, 0.5) is 17.2 Å². The Bertz CT molecular complexity index is 2610. The Morgan fingerprint density at radius 3 is 2.56 bits per heavy atom. The first kappa shape index (κ1) is 43.7.